The fourth-order valence-corrected chi connectivity index (χ4v) is 3.69. The lowest BCUT2D eigenvalue weighted by Gasteiger charge is -2.31. The Labute approximate surface area is 142 Å². The Kier molecular flexibility index (Phi) is 5.50. The lowest BCUT2D eigenvalue weighted by Crippen LogP contribution is -2.49. The first kappa shape index (κ1) is 17.0. The van der Waals surface area contributed by atoms with Crippen molar-refractivity contribution in [3.63, 3.8) is 0 Å². The van der Waals surface area contributed by atoms with Gasteiger partial charge in [0.2, 0.25) is 11.8 Å². The van der Waals surface area contributed by atoms with Crippen molar-refractivity contribution in [2.45, 2.75) is 44.1 Å². The van der Waals surface area contributed by atoms with Crippen LogP contribution in [0.4, 0.5) is 0 Å². The summed E-state index contributed by atoms with van der Waals surface area (Å²) in [4.78, 5) is 26.3. The van der Waals surface area contributed by atoms with E-state index >= 15 is 0 Å². The predicted molar refractivity (Wildman–Crippen MR) is 90.4 cm³/mol. The van der Waals surface area contributed by atoms with Gasteiger partial charge in [0.1, 0.15) is 6.04 Å². The molecule has 2 aliphatic rings. The molecule has 0 radical (unpaired) electrons. The molecule has 24 heavy (non-hydrogen) atoms. The van der Waals surface area contributed by atoms with Crippen LogP contribution in [-0.2, 0) is 16.6 Å². The molecule has 2 aliphatic heterocycles. The van der Waals surface area contributed by atoms with Crippen LogP contribution in [0.5, 0.6) is 0 Å². The average Bonchev–Trinajstić information content (AvgIpc) is 2.89. The number of rotatable bonds is 4. The largest absolute Gasteiger partial charge is 0.354 e. The van der Waals surface area contributed by atoms with Crippen molar-refractivity contribution in [3.05, 3.63) is 18.0 Å². The van der Waals surface area contributed by atoms with Gasteiger partial charge in [0, 0.05) is 31.4 Å². The van der Waals surface area contributed by atoms with Crippen LogP contribution in [0, 0.1) is 0 Å². The second-order valence-corrected chi connectivity index (χ2v) is 6.84. The van der Waals surface area contributed by atoms with Crippen LogP contribution in [0.1, 0.15) is 43.7 Å². The fourth-order valence-electron chi connectivity index (χ4n) is 3.69. The van der Waals surface area contributed by atoms with E-state index in [0.717, 1.165) is 45.2 Å². The summed E-state index contributed by atoms with van der Waals surface area (Å²) >= 11 is 0. The molecule has 1 aromatic heterocycles. The second kappa shape index (κ2) is 7.79. The van der Waals surface area contributed by atoms with Crippen molar-refractivity contribution in [1.82, 2.24) is 25.3 Å². The first-order valence-corrected chi connectivity index (χ1v) is 8.91. The Hall–Kier alpha value is -1.89. The van der Waals surface area contributed by atoms with Gasteiger partial charge in [-0.2, -0.15) is 5.10 Å². The smallest absolute Gasteiger partial charge is 0.242 e. The van der Waals surface area contributed by atoms with Gasteiger partial charge in [-0.15, -0.1) is 0 Å². The van der Waals surface area contributed by atoms with Crippen molar-refractivity contribution < 1.29 is 9.59 Å². The molecule has 0 saturated carbocycles. The highest BCUT2D eigenvalue weighted by Crippen LogP contribution is 2.27. The standard InChI is InChI=1S/C17H27N5O2/c1-21-15(5-9-19-21)13-6-10-22(11-7-13)12-16(23)20-14-4-2-3-8-18-17(14)24/h5,9,13-14H,2-4,6-8,10-12H2,1H3,(H,18,24)(H,20,23). The Morgan fingerprint density at radius 1 is 1.33 bits per heavy atom. The molecule has 0 spiro atoms. The van der Waals surface area contributed by atoms with Crippen LogP contribution in [0.2, 0.25) is 0 Å². The van der Waals surface area contributed by atoms with Crippen molar-refractivity contribution >= 4 is 11.8 Å². The normalized spacial score (nSPS) is 23.5. The van der Waals surface area contributed by atoms with Crippen molar-refractivity contribution in [2.24, 2.45) is 7.05 Å². The van der Waals surface area contributed by atoms with Crippen LogP contribution in [0.25, 0.3) is 0 Å². The zero-order chi connectivity index (χ0) is 16.9. The minimum Gasteiger partial charge on any atom is -0.354 e. The number of piperidine rings is 1. The Morgan fingerprint density at radius 3 is 2.83 bits per heavy atom. The summed E-state index contributed by atoms with van der Waals surface area (Å²) in [6.45, 7) is 2.90. The zero-order valence-corrected chi connectivity index (χ0v) is 14.3. The maximum absolute atomic E-state index is 12.3. The topological polar surface area (TPSA) is 79.3 Å². The van der Waals surface area contributed by atoms with E-state index in [2.05, 4.69) is 26.7 Å². The lowest BCUT2D eigenvalue weighted by molar-refractivity contribution is -0.129. The molecule has 2 amide bonds. The van der Waals surface area contributed by atoms with Crippen LogP contribution < -0.4 is 10.6 Å². The minimum absolute atomic E-state index is 0.0453. The van der Waals surface area contributed by atoms with E-state index in [-0.39, 0.29) is 17.9 Å². The molecule has 3 heterocycles. The third-order valence-corrected chi connectivity index (χ3v) is 5.10. The molecule has 0 aliphatic carbocycles. The van der Waals surface area contributed by atoms with Gasteiger partial charge in [-0.25, -0.2) is 0 Å². The molecule has 2 N–H and O–H groups in total. The number of amides is 2. The molecule has 1 unspecified atom stereocenters. The highest BCUT2D eigenvalue weighted by molar-refractivity contribution is 5.88. The van der Waals surface area contributed by atoms with E-state index in [0.29, 0.717) is 19.0 Å². The highest BCUT2D eigenvalue weighted by atomic mass is 16.2. The molecule has 7 heteroatoms. The predicted octanol–water partition coefficient (Wildman–Crippen LogP) is 0.384. The van der Waals surface area contributed by atoms with E-state index in [1.54, 1.807) is 0 Å². The van der Waals surface area contributed by atoms with Gasteiger partial charge < -0.3 is 10.6 Å². The SMILES string of the molecule is Cn1nccc1C1CCN(CC(=O)NC2CCCCNC2=O)CC1. The van der Waals surface area contributed by atoms with Gasteiger partial charge in [-0.1, -0.05) is 0 Å². The van der Waals surface area contributed by atoms with Gasteiger partial charge in [-0.3, -0.25) is 19.2 Å². The molecular formula is C17H27N5O2. The second-order valence-electron chi connectivity index (χ2n) is 6.84. The van der Waals surface area contributed by atoms with Gasteiger partial charge in [0.05, 0.1) is 6.54 Å². The molecule has 2 saturated heterocycles. The fraction of sp³-hybridized carbons (Fsp3) is 0.706. The third-order valence-electron chi connectivity index (χ3n) is 5.10. The monoisotopic (exact) mass is 333 g/mol. The van der Waals surface area contributed by atoms with Crippen molar-refractivity contribution in [3.8, 4) is 0 Å². The van der Waals surface area contributed by atoms with Gasteiger partial charge in [-0.05, 0) is 51.3 Å². The maximum Gasteiger partial charge on any atom is 0.242 e. The molecule has 132 valence electrons. The summed E-state index contributed by atoms with van der Waals surface area (Å²) in [6, 6.07) is 1.71. The Bertz CT molecular complexity index is 577. The summed E-state index contributed by atoms with van der Waals surface area (Å²) < 4.78 is 1.94. The first-order valence-electron chi connectivity index (χ1n) is 8.91. The minimum atomic E-state index is -0.369. The third kappa shape index (κ3) is 4.14. The molecule has 1 atom stereocenters. The summed E-state index contributed by atoms with van der Waals surface area (Å²) in [5.41, 5.74) is 1.27. The van der Waals surface area contributed by atoms with E-state index in [4.69, 9.17) is 0 Å². The van der Waals surface area contributed by atoms with Crippen molar-refractivity contribution in [2.75, 3.05) is 26.2 Å². The van der Waals surface area contributed by atoms with E-state index in [1.807, 2.05) is 17.9 Å². The lowest BCUT2D eigenvalue weighted by atomic mass is 9.93. The maximum atomic E-state index is 12.3. The highest BCUT2D eigenvalue weighted by Gasteiger charge is 2.26. The van der Waals surface area contributed by atoms with E-state index < -0.39 is 0 Å². The number of carbonyl (C=O) groups is 2. The molecule has 7 nitrogen and oxygen atoms in total. The number of carbonyl (C=O) groups excluding carboxylic acids is 2. The van der Waals surface area contributed by atoms with E-state index in [1.165, 1.54) is 5.69 Å². The molecular weight excluding hydrogens is 306 g/mol. The average molecular weight is 333 g/mol. The summed E-state index contributed by atoms with van der Waals surface area (Å²) in [5.74, 6) is 0.427. The molecule has 1 aromatic rings. The molecule has 3 rings (SSSR count). The van der Waals surface area contributed by atoms with Crippen LogP contribution in [0.3, 0.4) is 0 Å². The van der Waals surface area contributed by atoms with Gasteiger partial charge >= 0.3 is 0 Å². The molecule has 0 aromatic carbocycles. The quantitative estimate of drug-likeness (QED) is 0.835. The zero-order valence-electron chi connectivity index (χ0n) is 14.3. The summed E-state index contributed by atoms with van der Waals surface area (Å²) in [5, 5.41) is 9.99. The number of hydrogen-bond donors (Lipinski definition) is 2. The van der Waals surface area contributed by atoms with E-state index in [9.17, 15) is 9.59 Å². The van der Waals surface area contributed by atoms with Gasteiger partial charge in [0.25, 0.3) is 0 Å². The summed E-state index contributed by atoms with van der Waals surface area (Å²) in [7, 11) is 1.98. The number of aryl methyl sites for hydroxylation is 1. The number of nitrogens with one attached hydrogen (secondary N) is 2. The summed E-state index contributed by atoms with van der Waals surface area (Å²) in [6.07, 6.45) is 6.61. The van der Waals surface area contributed by atoms with Crippen molar-refractivity contribution in [1.29, 1.82) is 0 Å². The molecule has 0 bridgehead atoms. The molecule has 2 fully saturated rings. The van der Waals surface area contributed by atoms with Gasteiger partial charge in [0.15, 0.2) is 0 Å². The number of nitrogens with zero attached hydrogens (tertiary/aromatic N) is 3. The number of hydrogen-bond acceptors (Lipinski definition) is 4. The van der Waals surface area contributed by atoms with Crippen LogP contribution >= 0.6 is 0 Å². The van der Waals surface area contributed by atoms with Crippen LogP contribution in [-0.4, -0.2) is 58.7 Å². The van der Waals surface area contributed by atoms with Crippen LogP contribution in [0.15, 0.2) is 12.3 Å². The first-order chi connectivity index (χ1) is 11.6. The number of aromatic nitrogens is 2. The Morgan fingerprint density at radius 2 is 2.12 bits per heavy atom. The Balaban J connectivity index is 1.44. The number of likely N-dealkylation sites (tertiary alicyclic amines) is 1.